The average Bonchev–Trinajstić information content (AvgIpc) is 2.64. The third kappa shape index (κ3) is 2.53. The van der Waals surface area contributed by atoms with E-state index in [0.29, 0.717) is 6.54 Å². The smallest absolute Gasteiger partial charge is 0.241 e. The largest absolute Gasteiger partial charge is 0.322 e. The van der Waals surface area contributed by atoms with Crippen LogP contribution in [0.5, 0.6) is 0 Å². The molecule has 1 aromatic carbocycles. The van der Waals surface area contributed by atoms with E-state index in [-0.39, 0.29) is 23.9 Å². The van der Waals surface area contributed by atoms with Crippen LogP contribution in [0.1, 0.15) is 38.4 Å². The van der Waals surface area contributed by atoms with Crippen LogP contribution in [0.4, 0.5) is 4.39 Å². The topological polar surface area (TPSA) is 32.3 Å². The molecule has 98 valence electrons. The first-order chi connectivity index (χ1) is 8.63. The fourth-order valence-corrected chi connectivity index (χ4v) is 2.29. The molecule has 18 heavy (non-hydrogen) atoms. The van der Waals surface area contributed by atoms with Crippen LogP contribution in [0.15, 0.2) is 24.3 Å². The van der Waals surface area contributed by atoms with Crippen molar-refractivity contribution in [2.45, 2.75) is 38.9 Å². The van der Waals surface area contributed by atoms with Crippen LogP contribution >= 0.6 is 0 Å². The normalized spacial score (nSPS) is 23.7. The molecule has 1 aliphatic heterocycles. The Balaban J connectivity index is 2.22. The van der Waals surface area contributed by atoms with Gasteiger partial charge in [0.25, 0.3) is 0 Å². The summed E-state index contributed by atoms with van der Waals surface area (Å²) >= 11 is 0. The molecule has 0 spiro atoms. The third-order valence-electron chi connectivity index (χ3n) is 3.29. The lowest BCUT2D eigenvalue weighted by molar-refractivity contribution is -0.129. The molecule has 0 bridgehead atoms. The highest BCUT2D eigenvalue weighted by molar-refractivity contribution is 5.84. The van der Waals surface area contributed by atoms with E-state index in [1.807, 2.05) is 17.9 Å². The predicted molar refractivity (Wildman–Crippen MR) is 68.4 cm³/mol. The lowest BCUT2D eigenvalue weighted by atomic mass is 10.1. The standard InChI is InChI=1S/C14H19FN2O/c1-3-4-8-17-13(16-10(2)14(17)18)11-6-5-7-12(15)9-11/h5-7,9-10,13,16H,3-4,8H2,1-2H3. The molecule has 0 aliphatic carbocycles. The highest BCUT2D eigenvalue weighted by Gasteiger charge is 2.36. The zero-order valence-corrected chi connectivity index (χ0v) is 10.8. The van der Waals surface area contributed by atoms with E-state index in [1.54, 1.807) is 6.07 Å². The van der Waals surface area contributed by atoms with Crippen LogP contribution in [0, 0.1) is 5.82 Å². The summed E-state index contributed by atoms with van der Waals surface area (Å²) in [6.07, 6.45) is 1.80. The predicted octanol–water partition coefficient (Wildman–Crippen LogP) is 2.44. The fourth-order valence-electron chi connectivity index (χ4n) is 2.29. The maximum atomic E-state index is 13.3. The molecular weight excluding hydrogens is 231 g/mol. The number of nitrogens with one attached hydrogen (secondary N) is 1. The number of carbonyl (C=O) groups excluding carboxylic acids is 1. The first-order valence-corrected chi connectivity index (χ1v) is 6.45. The second kappa shape index (κ2) is 5.48. The Morgan fingerprint density at radius 2 is 2.22 bits per heavy atom. The molecule has 1 saturated heterocycles. The van der Waals surface area contributed by atoms with Crippen molar-refractivity contribution < 1.29 is 9.18 Å². The van der Waals surface area contributed by atoms with Gasteiger partial charge in [-0.2, -0.15) is 0 Å². The number of benzene rings is 1. The summed E-state index contributed by atoms with van der Waals surface area (Å²) in [5.74, 6) is -0.172. The van der Waals surface area contributed by atoms with Crippen LogP contribution in [0.3, 0.4) is 0 Å². The van der Waals surface area contributed by atoms with E-state index < -0.39 is 0 Å². The van der Waals surface area contributed by atoms with Crippen molar-refractivity contribution in [3.63, 3.8) is 0 Å². The number of halogens is 1. The van der Waals surface area contributed by atoms with E-state index in [0.717, 1.165) is 18.4 Å². The molecule has 0 saturated carbocycles. The Kier molecular flexibility index (Phi) is 3.97. The summed E-state index contributed by atoms with van der Waals surface area (Å²) < 4.78 is 13.3. The molecule has 0 aromatic heterocycles. The number of hydrogen-bond donors (Lipinski definition) is 1. The molecule has 1 amide bonds. The van der Waals surface area contributed by atoms with Gasteiger partial charge in [-0.15, -0.1) is 0 Å². The number of unbranched alkanes of at least 4 members (excludes halogenated alkanes) is 1. The zero-order valence-electron chi connectivity index (χ0n) is 10.8. The van der Waals surface area contributed by atoms with E-state index >= 15 is 0 Å². The first kappa shape index (κ1) is 13.0. The van der Waals surface area contributed by atoms with Gasteiger partial charge in [0.05, 0.1) is 6.04 Å². The van der Waals surface area contributed by atoms with Gasteiger partial charge < -0.3 is 4.90 Å². The number of hydrogen-bond acceptors (Lipinski definition) is 2. The maximum absolute atomic E-state index is 13.3. The van der Waals surface area contributed by atoms with Crippen molar-refractivity contribution in [3.05, 3.63) is 35.6 Å². The minimum absolute atomic E-state index is 0.0951. The number of carbonyl (C=O) groups is 1. The molecule has 1 N–H and O–H groups in total. The molecule has 3 nitrogen and oxygen atoms in total. The van der Waals surface area contributed by atoms with Crippen molar-refractivity contribution in [2.24, 2.45) is 0 Å². The quantitative estimate of drug-likeness (QED) is 0.890. The van der Waals surface area contributed by atoms with Crippen molar-refractivity contribution in [2.75, 3.05) is 6.54 Å². The van der Waals surface area contributed by atoms with Gasteiger partial charge >= 0.3 is 0 Å². The maximum Gasteiger partial charge on any atom is 0.241 e. The number of nitrogens with zero attached hydrogens (tertiary/aromatic N) is 1. The Labute approximate surface area is 107 Å². The van der Waals surface area contributed by atoms with Crippen LogP contribution in [0.25, 0.3) is 0 Å². The third-order valence-corrected chi connectivity index (χ3v) is 3.29. The van der Waals surface area contributed by atoms with Gasteiger partial charge in [-0.05, 0) is 31.0 Å². The van der Waals surface area contributed by atoms with Crippen molar-refractivity contribution in [3.8, 4) is 0 Å². The lowest BCUT2D eigenvalue weighted by Crippen LogP contribution is -2.31. The summed E-state index contributed by atoms with van der Waals surface area (Å²) in [6.45, 7) is 4.66. The van der Waals surface area contributed by atoms with Crippen LogP contribution in [-0.2, 0) is 4.79 Å². The molecule has 1 heterocycles. The molecular formula is C14H19FN2O. The summed E-state index contributed by atoms with van der Waals surface area (Å²) in [5.41, 5.74) is 0.809. The van der Waals surface area contributed by atoms with Gasteiger partial charge in [-0.1, -0.05) is 25.5 Å². The van der Waals surface area contributed by atoms with Crippen molar-refractivity contribution in [1.82, 2.24) is 10.2 Å². The zero-order chi connectivity index (χ0) is 13.1. The van der Waals surface area contributed by atoms with Crippen LogP contribution in [-0.4, -0.2) is 23.4 Å². The van der Waals surface area contributed by atoms with E-state index in [4.69, 9.17) is 0 Å². The second-order valence-corrected chi connectivity index (χ2v) is 4.73. The van der Waals surface area contributed by atoms with E-state index in [2.05, 4.69) is 12.2 Å². The van der Waals surface area contributed by atoms with Crippen molar-refractivity contribution >= 4 is 5.91 Å². The Bertz CT molecular complexity index is 436. The van der Waals surface area contributed by atoms with Crippen LogP contribution in [0.2, 0.25) is 0 Å². The molecule has 1 aromatic rings. The minimum atomic E-state index is -0.267. The monoisotopic (exact) mass is 250 g/mol. The summed E-state index contributed by atoms with van der Waals surface area (Å²) in [7, 11) is 0. The average molecular weight is 250 g/mol. The van der Waals surface area contributed by atoms with Crippen molar-refractivity contribution in [1.29, 1.82) is 0 Å². The SMILES string of the molecule is CCCCN1C(=O)C(C)NC1c1cccc(F)c1. The molecule has 2 unspecified atom stereocenters. The van der Waals surface area contributed by atoms with Gasteiger partial charge in [0, 0.05) is 6.54 Å². The summed E-state index contributed by atoms with van der Waals surface area (Å²) in [5, 5.41) is 3.22. The lowest BCUT2D eigenvalue weighted by Gasteiger charge is -2.24. The Morgan fingerprint density at radius 1 is 1.44 bits per heavy atom. The Morgan fingerprint density at radius 3 is 2.89 bits per heavy atom. The molecule has 0 radical (unpaired) electrons. The highest BCUT2D eigenvalue weighted by atomic mass is 19.1. The Hall–Kier alpha value is -1.42. The minimum Gasteiger partial charge on any atom is -0.322 e. The first-order valence-electron chi connectivity index (χ1n) is 6.45. The molecule has 2 atom stereocenters. The number of amides is 1. The van der Waals surface area contributed by atoms with Gasteiger partial charge in [0.2, 0.25) is 5.91 Å². The van der Waals surface area contributed by atoms with Gasteiger partial charge in [0.15, 0.2) is 0 Å². The van der Waals surface area contributed by atoms with Gasteiger partial charge in [0.1, 0.15) is 12.0 Å². The van der Waals surface area contributed by atoms with Crippen LogP contribution < -0.4 is 5.32 Å². The molecule has 2 rings (SSSR count). The second-order valence-electron chi connectivity index (χ2n) is 4.73. The van der Waals surface area contributed by atoms with Gasteiger partial charge in [-0.3, -0.25) is 10.1 Å². The summed E-state index contributed by atoms with van der Waals surface area (Å²) in [4.78, 5) is 13.9. The highest BCUT2D eigenvalue weighted by Crippen LogP contribution is 2.26. The number of rotatable bonds is 4. The molecule has 4 heteroatoms. The van der Waals surface area contributed by atoms with Gasteiger partial charge in [-0.25, -0.2) is 4.39 Å². The molecule has 1 aliphatic rings. The fraction of sp³-hybridized carbons (Fsp3) is 0.500. The molecule has 1 fully saturated rings. The van der Waals surface area contributed by atoms with E-state index in [1.165, 1.54) is 12.1 Å². The van der Waals surface area contributed by atoms with E-state index in [9.17, 15) is 9.18 Å². The summed E-state index contributed by atoms with van der Waals surface area (Å²) in [6, 6.07) is 6.24.